The molecule has 4 aromatic rings. The molecule has 0 saturated carbocycles. The minimum atomic E-state index is -4.18. The van der Waals surface area contributed by atoms with Gasteiger partial charge in [0, 0.05) is 35.0 Å². The molecule has 1 aromatic heterocycles. The van der Waals surface area contributed by atoms with Crippen molar-refractivity contribution < 1.29 is 26.4 Å². The van der Waals surface area contributed by atoms with Crippen LogP contribution >= 0.6 is 23.4 Å². The van der Waals surface area contributed by atoms with Crippen molar-refractivity contribution in [3.63, 3.8) is 0 Å². The molecule has 0 aliphatic carbocycles. The number of rotatable bonds is 9. The van der Waals surface area contributed by atoms with Gasteiger partial charge in [-0.15, -0.1) is 0 Å². The highest BCUT2D eigenvalue weighted by atomic mass is 35.5. The molecule has 0 radical (unpaired) electrons. The average molecular weight is 664 g/mol. The Balaban J connectivity index is 1.39. The maximum Gasteiger partial charge on any atom is 0.343 e. The molecule has 2 amide bonds. The molecule has 1 aliphatic rings. The van der Waals surface area contributed by atoms with Crippen LogP contribution in [0.5, 0.6) is 0 Å². The van der Waals surface area contributed by atoms with Crippen LogP contribution in [-0.2, 0) is 21.2 Å². The summed E-state index contributed by atoms with van der Waals surface area (Å²) in [5, 5.41) is 2.33. The third-order valence-electron chi connectivity index (χ3n) is 7.38. The summed E-state index contributed by atoms with van der Waals surface area (Å²) in [5.41, 5.74) is 4.04. The van der Waals surface area contributed by atoms with E-state index in [1.54, 1.807) is 34.0 Å². The lowest BCUT2D eigenvalue weighted by Crippen LogP contribution is -2.47. The van der Waals surface area contributed by atoms with Gasteiger partial charge in [0.1, 0.15) is 5.82 Å². The van der Waals surface area contributed by atoms with Crippen molar-refractivity contribution in [3.8, 4) is 5.69 Å². The highest BCUT2D eigenvalue weighted by Crippen LogP contribution is 2.37. The first kappa shape index (κ1) is 31.9. The molecule has 8 nitrogen and oxygen atoms in total. The first-order valence-electron chi connectivity index (χ1n) is 13.6. The van der Waals surface area contributed by atoms with E-state index in [0.717, 1.165) is 25.0 Å². The highest BCUT2D eigenvalue weighted by Gasteiger charge is 2.30. The first-order valence-corrected chi connectivity index (χ1v) is 16.5. The summed E-state index contributed by atoms with van der Waals surface area (Å²) in [6.07, 6.45) is 3.46. The van der Waals surface area contributed by atoms with E-state index in [0.29, 0.717) is 40.8 Å². The molecule has 0 atom stereocenters. The van der Waals surface area contributed by atoms with Gasteiger partial charge >= 0.3 is 6.03 Å². The SMILES string of the molecule is CC(C)(c1ccc(F)c(F)c1)c1cnc(SCc2ccc(S(=O)(=O)NC(=O)NN3CCCC3)cc2Cl)n1-c1ccc(F)cc1. The van der Waals surface area contributed by atoms with Crippen LogP contribution in [0.25, 0.3) is 5.69 Å². The molecule has 1 fully saturated rings. The lowest BCUT2D eigenvalue weighted by Gasteiger charge is -2.27. The molecule has 232 valence electrons. The zero-order chi connectivity index (χ0) is 31.6. The summed E-state index contributed by atoms with van der Waals surface area (Å²) in [5.74, 6) is -2.06. The fourth-order valence-corrected chi connectivity index (χ4v) is 7.20. The molecule has 14 heteroatoms. The number of benzene rings is 3. The first-order chi connectivity index (χ1) is 20.8. The van der Waals surface area contributed by atoms with E-state index in [4.69, 9.17) is 11.6 Å². The lowest BCUT2D eigenvalue weighted by atomic mass is 9.81. The second kappa shape index (κ2) is 12.8. The van der Waals surface area contributed by atoms with E-state index in [-0.39, 0.29) is 15.7 Å². The lowest BCUT2D eigenvalue weighted by molar-refractivity contribution is 0.202. The predicted octanol–water partition coefficient (Wildman–Crippen LogP) is 6.56. The summed E-state index contributed by atoms with van der Waals surface area (Å²) < 4.78 is 71.1. The van der Waals surface area contributed by atoms with Gasteiger partial charge < -0.3 is 0 Å². The Morgan fingerprint density at radius 3 is 2.36 bits per heavy atom. The molecular formula is C30H29ClF3N5O3S2. The predicted molar refractivity (Wildman–Crippen MR) is 163 cm³/mol. The van der Waals surface area contributed by atoms with Crippen molar-refractivity contribution in [3.05, 3.63) is 106 Å². The van der Waals surface area contributed by atoms with Gasteiger partial charge in [-0.1, -0.05) is 49.3 Å². The number of nitrogens with one attached hydrogen (secondary N) is 2. The fraction of sp³-hybridized carbons (Fsp3) is 0.267. The number of thioether (sulfide) groups is 1. The van der Waals surface area contributed by atoms with E-state index >= 15 is 0 Å². The van der Waals surface area contributed by atoms with Crippen LogP contribution in [-0.4, -0.2) is 42.1 Å². The number of amides is 2. The number of hydrazine groups is 1. The van der Waals surface area contributed by atoms with Gasteiger partial charge in [-0.25, -0.2) is 41.1 Å². The van der Waals surface area contributed by atoms with Gasteiger partial charge in [0.05, 0.1) is 16.8 Å². The Morgan fingerprint density at radius 1 is 1.00 bits per heavy atom. The number of urea groups is 1. The van der Waals surface area contributed by atoms with E-state index in [1.807, 2.05) is 18.6 Å². The van der Waals surface area contributed by atoms with E-state index < -0.39 is 38.9 Å². The number of carbonyl (C=O) groups is 1. The van der Waals surface area contributed by atoms with E-state index in [9.17, 15) is 26.4 Å². The largest absolute Gasteiger partial charge is 0.343 e. The normalized spacial score (nSPS) is 14.1. The van der Waals surface area contributed by atoms with Crippen molar-refractivity contribution in [2.75, 3.05) is 13.1 Å². The number of imidazole rings is 1. The fourth-order valence-electron chi connectivity index (χ4n) is 4.88. The number of carbonyl (C=O) groups excluding carboxylic acids is 1. The van der Waals surface area contributed by atoms with Crippen LogP contribution in [0.2, 0.25) is 5.02 Å². The minimum Gasteiger partial charge on any atom is -0.291 e. The second-order valence-electron chi connectivity index (χ2n) is 10.8. The van der Waals surface area contributed by atoms with E-state index in [1.165, 1.54) is 42.1 Å². The number of hydrogen-bond acceptors (Lipinski definition) is 6. The number of hydrogen-bond donors (Lipinski definition) is 2. The third-order valence-corrected chi connectivity index (χ3v) is 10.1. The molecule has 44 heavy (non-hydrogen) atoms. The molecule has 2 N–H and O–H groups in total. The third kappa shape index (κ3) is 6.90. The Hall–Kier alpha value is -3.52. The quantitative estimate of drug-likeness (QED) is 0.197. The number of halogens is 4. The van der Waals surface area contributed by atoms with Crippen LogP contribution in [0.4, 0.5) is 18.0 Å². The van der Waals surface area contributed by atoms with Crippen molar-refractivity contribution in [2.45, 2.75) is 47.9 Å². The number of sulfonamides is 1. The highest BCUT2D eigenvalue weighted by molar-refractivity contribution is 7.98. The summed E-state index contributed by atoms with van der Waals surface area (Å²) in [4.78, 5) is 16.6. The Kier molecular flexibility index (Phi) is 9.30. The smallest absolute Gasteiger partial charge is 0.291 e. The molecule has 1 saturated heterocycles. The minimum absolute atomic E-state index is 0.169. The van der Waals surface area contributed by atoms with Gasteiger partial charge in [-0.05, 0) is 72.5 Å². The average Bonchev–Trinajstić information content (AvgIpc) is 3.64. The van der Waals surface area contributed by atoms with Crippen molar-refractivity contribution in [1.29, 1.82) is 0 Å². The Bertz CT molecular complexity index is 1790. The number of nitrogens with zero attached hydrogens (tertiary/aromatic N) is 3. The van der Waals surface area contributed by atoms with Gasteiger partial charge in [-0.3, -0.25) is 9.99 Å². The van der Waals surface area contributed by atoms with Crippen LogP contribution in [0, 0.1) is 17.5 Å². The molecule has 0 unspecified atom stereocenters. The molecule has 5 rings (SSSR count). The van der Waals surface area contributed by atoms with Crippen molar-refractivity contribution >= 4 is 39.4 Å². The second-order valence-corrected chi connectivity index (χ2v) is 13.8. The van der Waals surface area contributed by atoms with E-state index in [2.05, 4.69) is 10.4 Å². The topological polar surface area (TPSA) is 96.3 Å². The maximum atomic E-state index is 14.2. The summed E-state index contributed by atoms with van der Waals surface area (Å²) in [6, 6.07) is 12.9. The summed E-state index contributed by atoms with van der Waals surface area (Å²) >= 11 is 7.78. The van der Waals surface area contributed by atoms with Gasteiger partial charge in [0.2, 0.25) is 0 Å². The zero-order valence-electron chi connectivity index (χ0n) is 23.8. The van der Waals surface area contributed by atoms with Crippen LogP contribution in [0.1, 0.15) is 43.5 Å². The maximum absolute atomic E-state index is 14.2. The van der Waals surface area contributed by atoms with Gasteiger partial charge in [0.25, 0.3) is 10.0 Å². The zero-order valence-corrected chi connectivity index (χ0v) is 26.2. The van der Waals surface area contributed by atoms with Gasteiger partial charge in [0.15, 0.2) is 16.8 Å². The molecule has 1 aliphatic heterocycles. The van der Waals surface area contributed by atoms with Gasteiger partial charge in [-0.2, -0.15) is 0 Å². The number of aromatic nitrogens is 2. The molecular weight excluding hydrogens is 635 g/mol. The molecule has 0 bridgehead atoms. The molecule has 2 heterocycles. The molecule has 3 aromatic carbocycles. The Morgan fingerprint density at radius 2 is 1.70 bits per heavy atom. The Labute approximate surface area is 262 Å². The summed E-state index contributed by atoms with van der Waals surface area (Å²) in [6.45, 7) is 4.99. The van der Waals surface area contributed by atoms with Crippen LogP contribution in [0.15, 0.2) is 76.9 Å². The molecule has 0 spiro atoms. The van der Waals surface area contributed by atoms with Crippen LogP contribution < -0.4 is 10.1 Å². The van der Waals surface area contributed by atoms with Crippen LogP contribution in [0.3, 0.4) is 0 Å². The standard InChI is InChI=1S/C30H29ClF3N5O3S2/c1-30(2,20-6-12-25(33)26(34)15-20)27-17-35-29(39(27)22-9-7-21(32)8-10-22)43-18-19-5-11-23(16-24(19)31)44(41,42)37-28(40)36-38-13-3-4-14-38/h5-12,15-17H,3-4,13-14,18H2,1-2H3,(H2,36,37,40). The van der Waals surface area contributed by atoms with Crippen molar-refractivity contribution in [2.24, 2.45) is 0 Å². The monoisotopic (exact) mass is 663 g/mol. The summed E-state index contributed by atoms with van der Waals surface area (Å²) in [7, 11) is -4.18. The van der Waals surface area contributed by atoms with Crippen molar-refractivity contribution in [1.82, 2.24) is 24.7 Å².